The SMILES string of the molecule is CCOc1ccc(C)cc1.N. The van der Waals surface area contributed by atoms with Crippen LogP contribution in [0.1, 0.15) is 12.5 Å². The van der Waals surface area contributed by atoms with E-state index in [1.54, 1.807) is 0 Å². The molecular formula is C9H15NO. The largest absolute Gasteiger partial charge is 0.494 e. The molecule has 62 valence electrons. The van der Waals surface area contributed by atoms with E-state index >= 15 is 0 Å². The van der Waals surface area contributed by atoms with Gasteiger partial charge in [-0.3, -0.25) is 0 Å². The van der Waals surface area contributed by atoms with Crippen LogP contribution in [0.15, 0.2) is 24.3 Å². The van der Waals surface area contributed by atoms with Gasteiger partial charge in [0.15, 0.2) is 0 Å². The highest BCUT2D eigenvalue weighted by Crippen LogP contribution is 2.10. The highest BCUT2D eigenvalue weighted by Gasteiger charge is 1.87. The fourth-order valence-electron chi connectivity index (χ4n) is 0.801. The van der Waals surface area contributed by atoms with Crippen LogP contribution >= 0.6 is 0 Å². The molecule has 0 bridgehead atoms. The second-order valence-electron chi connectivity index (χ2n) is 2.25. The topological polar surface area (TPSA) is 44.2 Å². The van der Waals surface area contributed by atoms with Crippen molar-refractivity contribution in [2.24, 2.45) is 0 Å². The zero-order chi connectivity index (χ0) is 7.40. The summed E-state index contributed by atoms with van der Waals surface area (Å²) in [6.07, 6.45) is 0. The minimum absolute atomic E-state index is 0. The van der Waals surface area contributed by atoms with E-state index in [2.05, 4.69) is 6.92 Å². The van der Waals surface area contributed by atoms with Crippen LogP contribution in [-0.4, -0.2) is 6.61 Å². The van der Waals surface area contributed by atoms with Crippen molar-refractivity contribution in [2.45, 2.75) is 13.8 Å². The fraction of sp³-hybridized carbons (Fsp3) is 0.333. The smallest absolute Gasteiger partial charge is 0.119 e. The van der Waals surface area contributed by atoms with Crippen molar-refractivity contribution in [1.82, 2.24) is 6.15 Å². The van der Waals surface area contributed by atoms with E-state index in [-0.39, 0.29) is 6.15 Å². The van der Waals surface area contributed by atoms with Crippen molar-refractivity contribution < 1.29 is 4.74 Å². The zero-order valence-corrected chi connectivity index (χ0v) is 7.13. The van der Waals surface area contributed by atoms with Crippen LogP contribution in [0.5, 0.6) is 5.75 Å². The summed E-state index contributed by atoms with van der Waals surface area (Å²) in [7, 11) is 0. The Labute approximate surface area is 67.8 Å². The third-order valence-electron chi connectivity index (χ3n) is 1.33. The molecule has 0 aliphatic carbocycles. The maximum absolute atomic E-state index is 5.26. The molecule has 0 spiro atoms. The molecule has 0 unspecified atom stereocenters. The van der Waals surface area contributed by atoms with E-state index in [0.29, 0.717) is 0 Å². The summed E-state index contributed by atoms with van der Waals surface area (Å²) in [5.74, 6) is 0.952. The van der Waals surface area contributed by atoms with Gasteiger partial charge in [0, 0.05) is 0 Å². The summed E-state index contributed by atoms with van der Waals surface area (Å²) in [5.41, 5.74) is 1.27. The predicted molar refractivity (Wildman–Crippen MR) is 47.4 cm³/mol. The van der Waals surface area contributed by atoms with Gasteiger partial charge in [0.25, 0.3) is 0 Å². The summed E-state index contributed by atoms with van der Waals surface area (Å²) in [6, 6.07) is 8.06. The van der Waals surface area contributed by atoms with E-state index in [0.717, 1.165) is 12.4 Å². The molecule has 0 aliphatic heterocycles. The van der Waals surface area contributed by atoms with Crippen LogP contribution in [-0.2, 0) is 0 Å². The molecule has 1 rings (SSSR count). The molecule has 0 heterocycles. The molecule has 11 heavy (non-hydrogen) atoms. The normalized spacial score (nSPS) is 8.55. The first-order valence-electron chi connectivity index (χ1n) is 3.52. The number of benzene rings is 1. The first-order chi connectivity index (χ1) is 4.83. The van der Waals surface area contributed by atoms with Gasteiger partial charge in [-0.15, -0.1) is 0 Å². The van der Waals surface area contributed by atoms with Crippen molar-refractivity contribution in [3.8, 4) is 5.75 Å². The lowest BCUT2D eigenvalue weighted by Gasteiger charge is -2.01. The quantitative estimate of drug-likeness (QED) is 0.709. The van der Waals surface area contributed by atoms with Crippen LogP contribution in [0.2, 0.25) is 0 Å². The molecule has 0 fully saturated rings. The zero-order valence-electron chi connectivity index (χ0n) is 7.13. The average Bonchev–Trinajstić information content (AvgIpc) is 1.95. The maximum atomic E-state index is 5.26. The number of hydrogen-bond donors (Lipinski definition) is 1. The molecule has 0 saturated heterocycles. The first kappa shape index (κ1) is 9.98. The molecule has 0 atom stereocenters. The van der Waals surface area contributed by atoms with Crippen molar-refractivity contribution in [3.05, 3.63) is 29.8 Å². The van der Waals surface area contributed by atoms with Gasteiger partial charge in [-0.1, -0.05) is 17.7 Å². The van der Waals surface area contributed by atoms with Crippen molar-refractivity contribution in [2.75, 3.05) is 6.61 Å². The Kier molecular flexibility index (Phi) is 4.30. The van der Waals surface area contributed by atoms with Crippen molar-refractivity contribution in [3.63, 3.8) is 0 Å². The summed E-state index contributed by atoms with van der Waals surface area (Å²) in [6.45, 7) is 4.79. The van der Waals surface area contributed by atoms with E-state index in [1.165, 1.54) is 5.56 Å². The Morgan fingerprint density at radius 3 is 2.18 bits per heavy atom. The number of ether oxygens (including phenoxy) is 1. The fourth-order valence-corrected chi connectivity index (χ4v) is 0.801. The average molecular weight is 153 g/mol. The van der Waals surface area contributed by atoms with Crippen LogP contribution in [0.4, 0.5) is 0 Å². The summed E-state index contributed by atoms with van der Waals surface area (Å²) in [4.78, 5) is 0. The van der Waals surface area contributed by atoms with E-state index < -0.39 is 0 Å². The monoisotopic (exact) mass is 153 g/mol. The molecule has 0 radical (unpaired) electrons. The molecule has 2 heteroatoms. The highest BCUT2D eigenvalue weighted by molar-refractivity contribution is 5.26. The third-order valence-corrected chi connectivity index (χ3v) is 1.33. The second kappa shape index (κ2) is 4.74. The number of aryl methyl sites for hydroxylation is 1. The maximum Gasteiger partial charge on any atom is 0.119 e. The molecule has 1 aromatic carbocycles. The van der Waals surface area contributed by atoms with Gasteiger partial charge in [0.05, 0.1) is 6.61 Å². The molecular weight excluding hydrogens is 138 g/mol. The van der Waals surface area contributed by atoms with Crippen molar-refractivity contribution >= 4 is 0 Å². The van der Waals surface area contributed by atoms with Crippen LogP contribution in [0.3, 0.4) is 0 Å². The Hall–Kier alpha value is -1.02. The lowest BCUT2D eigenvalue weighted by molar-refractivity contribution is 0.340. The number of hydrogen-bond acceptors (Lipinski definition) is 2. The summed E-state index contributed by atoms with van der Waals surface area (Å²) >= 11 is 0. The van der Waals surface area contributed by atoms with Crippen molar-refractivity contribution in [1.29, 1.82) is 0 Å². The highest BCUT2D eigenvalue weighted by atomic mass is 16.5. The molecule has 1 aromatic rings. The van der Waals surface area contributed by atoms with Gasteiger partial charge in [0.1, 0.15) is 5.75 Å². The molecule has 0 aliphatic rings. The Balaban J connectivity index is 0.000001000. The van der Waals surface area contributed by atoms with Gasteiger partial charge >= 0.3 is 0 Å². The van der Waals surface area contributed by atoms with Crippen LogP contribution in [0.25, 0.3) is 0 Å². The minimum atomic E-state index is 0. The summed E-state index contributed by atoms with van der Waals surface area (Å²) in [5, 5.41) is 0. The number of rotatable bonds is 2. The Morgan fingerprint density at radius 2 is 1.73 bits per heavy atom. The molecule has 0 saturated carbocycles. The van der Waals surface area contributed by atoms with Gasteiger partial charge in [0.2, 0.25) is 0 Å². The van der Waals surface area contributed by atoms with E-state index in [1.807, 2.05) is 31.2 Å². The minimum Gasteiger partial charge on any atom is -0.494 e. The molecule has 0 aromatic heterocycles. The Bertz CT molecular complexity index is 193. The lowest BCUT2D eigenvalue weighted by Crippen LogP contribution is -1.90. The molecule has 0 amide bonds. The Morgan fingerprint density at radius 1 is 1.18 bits per heavy atom. The standard InChI is InChI=1S/C9H12O.H3N/c1-3-10-9-6-4-8(2)5-7-9;/h4-7H,3H2,1-2H3;1H3. The second-order valence-corrected chi connectivity index (χ2v) is 2.25. The van der Waals surface area contributed by atoms with Crippen LogP contribution in [0, 0.1) is 6.92 Å². The first-order valence-corrected chi connectivity index (χ1v) is 3.52. The lowest BCUT2D eigenvalue weighted by atomic mass is 10.2. The van der Waals surface area contributed by atoms with E-state index in [4.69, 9.17) is 4.74 Å². The third kappa shape index (κ3) is 3.05. The van der Waals surface area contributed by atoms with Gasteiger partial charge in [-0.25, -0.2) is 0 Å². The molecule has 3 N–H and O–H groups in total. The van der Waals surface area contributed by atoms with Gasteiger partial charge in [-0.2, -0.15) is 0 Å². The summed E-state index contributed by atoms with van der Waals surface area (Å²) < 4.78 is 5.26. The van der Waals surface area contributed by atoms with Gasteiger partial charge in [-0.05, 0) is 26.0 Å². The van der Waals surface area contributed by atoms with Gasteiger partial charge < -0.3 is 10.9 Å². The predicted octanol–water partition coefficient (Wildman–Crippen LogP) is 2.56. The molecule has 2 nitrogen and oxygen atoms in total. The van der Waals surface area contributed by atoms with E-state index in [9.17, 15) is 0 Å². The van der Waals surface area contributed by atoms with Crippen LogP contribution < -0.4 is 10.9 Å².